The molecule has 2 aromatic heterocycles. The number of nitrogens with zero attached hydrogens (tertiary/aromatic N) is 1. The van der Waals surface area contributed by atoms with Gasteiger partial charge in [-0.05, 0) is 43.0 Å². The Labute approximate surface area is 165 Å². The van der Waals surface area contributed by atoms with Crippen molar-refractivity contribution in [3.05, 3.63) is 77.6 Å². The predicted molar refractivity (Wildman–Crippen MR) is 114 cm³/mol. The number of hydrogen-bond donors (Lipinski definition) is 2. The van der Waals surface area contributed by atoms with Gasteiger partial charge in [-0.1, -0.05) is 49.4 Å². The van der Waals surface area contributed by atoms with Crippen LogP contribution >= 0.6 is 0 Å². The maximum atomic E-state index is 12.4. The molecule has 0 spiro atoms. The van der Waals surface area contributed by atoms with Crippen LogP contribution in [0.2, 0.25) is 0 Å². The quantitative estimate of drug-likeness (QED) is 0.496. The summed E-state index contributed by atoms with van der Waals surface area (Å²) in [7, 11) is 0. The fraction of sp³-hybridized carbons (Fsp3) is 0.250. The minimum atomic E-state index is 0.00228. The molecule has 28 heavy (non-hydrogen) atoms. The van der Waals surface area contributed by atoms with Crippen LogP contribution < -0.4 is 5.32 Å². The standard InChI is InChI=1S/C24H25N3O/c1-3-17-8-10-18(11-9-17)16(2)26-24(28)13-12-19-14-21-20-6-4-5-7-22(20)27-23(21)15-25-19/h4-11,14-16,27H,3,12-13H2,1-2H3,(H,26,28). The molecule has 4 nitrogen and oxygen atoms in total. The number of rotatable bonds is 6. The molecule has 0 aliphatic rings. The van der Waals surface area contributed by atoms with Gasteiger partial charge >= 0.3 is 0 Å². The number of aromatic nitrogens is 2. The molecule has 1 atom stereocenters. The van der Waals surface area contributed by atoms with Gasteiger partial charge in [-0.15, -0.1) is 0 Å². The SMILES string of the molecule is CCc1ccc(C(C)NC(=O)CCc2cc3c(cn2)[nH]c2ccccc23)cc1. The Morgan fingerprint density at radius 2 is 1.86 bits per heavy atom. The van der Waals surface area contributed by atoms with Crippen LogP contribution in [0.1, 0.15) is 43.1 Å². The smallest absolute Gasteiger partial charge is 0.220 e. The highest BCUT2D eigenvalue weighted by molar-refractivity contribution is 6.06. The van der Waals surface area contributed by atoms with Crippen molar-refractivity contribution in [1.82, 2.24) is 15.3 Å². The first-order valence-corrected chi connectivity index (χ1v) is 9.87. The average Bonchev–Trinajstić information content (AvgIpc) is 3.10. The van der Waals surface area contributed by atoms with Gasteiger partial charge < -0.3 is 10.3 Å². The van der Waals surface area contributed by atoms with E-state index < -0.39 is 0 Å². The number of fused-ring (bicyclic) bond motifs is 3. The first kappa shape index (κ1) is 18.2. The van der Waals surface area contributed by atoms with Crippen LogP contribution in [0.4, 0.5) is 0 Å². The van der Waals surface area contributed by atoms with Crippen molar-refractivity contribution >= 4 is 27.7 Å². The molecule has 0 fully saturated rings. The second kappa shape index (κ2) is 7.85. The first-order chi connectivity index (χ1) is 13.6. The molecular weight excluding hydrogens is 346 g/mol. The van der Waals surface area contributed by atoms with Gasteiger partial charge in [0.15, 0.2) is 0 Å². The highest BCUT2D eigenvalue weighted by Gasteiger charge is 2.11. The van der Waals surface area contributed by atoms with E-state index in [4.69, 9.17) is 0 Å². The summed E-state index contributed by atoms with van der Waals surface area (Å²) in [4.78, 5) is 20.3. The second-order valence-corrected chi connectivity index (χ2v) is 7.28. The van der Waals surface area contributed by atoms with E-state index in [0.717, 1.165) is 34.1 Å². The Balaban J connectivity index is 1.40. The Hall–Kier alpha value is -3.14. The summed E-state index contributed by atoms with van der Waals surface area (Å²) in [6, 6.07) is 18.8. The Bertz CT molecular complexity index is 1110. The molecule has 0 aliphatic carbocycles. The molecule has 4 rings (SSSR count). The van der Waals surface area contributed by atoms with Crippen LogP contribution in [0.25, 0.3) is 21.8 Å². The van der Waals surface area contributed by atoms with Crippen LogP contribution in [0.15, 0.2) is 60.8 Å². The summed E-state index contributed by atoms with van der Waals surface area (Å²) in [6.07, 6.45) is 3.94. The number of nitrogens with one attached hydrogen (secondary N) is 2. The lowest BCUT2D eigenvalue weighted by atomic mass is 10.0. The van der Waals surface area contributed by atoms with Gasteiger partial charge in [-0.2, -0.15) is 0 Å². The number of pyridine rings is 1. The largest absolute Gasteiger partial charge is 0.353 e. The zero-order valence-corrected chi connectivity index (χ0v) is 16.3. The fourth-order valence-corrected chi connectivity index (χ4v) is 3.61. The summed E-state index contributed by atoms with van der Waals surface area (Å²) in [6.45, 7) is 4.16. The lowest BCUT2D eigenvalue weighted by Crippen LogP contribution is -2.26. The van der Waals surface area contributed by atoms with Crippen molar-refractivity contribution in [3.63, 3.8) is 0 Å². The summed E-state index contributed by atoms with van der Waals surface area (Å²) in [5, 5.41) is 5.44. The average molecular weight is 371 g/mol. The molecule has 4 aromatic rings. The number of para-hydroxylation sites is 1. The summed E-state index contributed by atoms with van der Waals surface area (Å²) < 4.78 is 0. The van der Waals surface area contributed by atoms with Gasteiger partial charge in [0.25, 0.3) is 0 Å². The molecule has 142 valence electrons. The van der Waals surface area contributed by atoms with Crippen LogP contribution in [0.5, 0.6) is 0 Å². The van der Waals surface area contributed by atoms with Crippen molar-refractivity contribution in [2.75, 3.05) is 0 Å². The molecular formula is C24H25N3O. The number of benzene rings is 2. The predicted octanol–water partition coefficient (Wildman–Crippen LogP) is 5.09. The number of H-pyrrole nitrogens is 1. The number of aromatic amines is 1. The van der Waals surface area contributed by atoms with E-state index in [2.05, 4.69) is 64.7 Å². The second-order valence-electron chi connectivity index (χ2n) is 7.28. The van der Waals surface area contributed by atoms with E-state index in [-0.39, 0.29) is 11.9 Å². The molecule has 1 unspecified atom stereocenters. The molecule has 0 aliphatic heterocycles. The molecule has 0 saturated carbocycles. The van der Waals surface area contributed by atoms with E-state index in [9.17, 15) is 4.79 Å². The van der Waals surface area contributed by atoms with Crippen LogP contribution in [0, 0.1) is 0 Å². The van der Waals surface area contributed by atoms with Crippen molar-refractivity contribution < 1.29 is 4.79 Å². The number of aryl methyl sites for hydroxylation is 2. The number of carbonyl (C=O) groups is 1. The Morgan fingerprint density at radius 3 is 2.64 bits per heavy atom. The maximum absolute atomic E-state index is 12.4. The Morgan fingerprint density at radius 1 is 1.07 bits per heavy atom. The van der Waals surface area contributed by atoms with E-state index in [1.807, 2.05) is 25.3 Å². The summed E-state index contributed by atoms with van der Waals surface area (Å²) in [5.41, 5.74) is 5.51. The van der Waals surface area contributed by atoms with Crippen molar-refractivity contribution in [2.24, 2.45) is 0 Å². The van der Waals surface area contributed by atoms with Gasteiger partial charge in [-0.25, -0.2) is 0 Å². The van der Waals surface area contributed by atoms with Gasteiger partial charge in [0, 0.05) is 28.4 Å². The lowest BCUT2D eigenvalue weighted by molar-refractivity contribution is -0.121. The zero-order chi connectivity index (χ0) is 19.5. The molecule has 2 heterocycles. The molecule has 0 saturated heterocycles. The highest BCUT2D eigenvalue weighted by Crippen LogP contribution is 2.25. The monoisotopic (exact) mass is 371 g/mol. The van der Waals surface area contributed by atoms with E-state index in [1.165, 1.54) is 10.9 Å². The van der Waals surface area contributed by atoms with Gasteiger partial charge in [0.1, 0.15) is 0 Å². The number of amides is 1. The number of hydrogen-bond acceptors (Lipinski definition) is 2. The van der Waals surface area contributed by atoms with Gasteiger partial charge in [0.05, 0.1) is 17.8 Å². The molecule has 1 amide bonds. The maximum Gasteiger partial charge on any atom is 0.220 e. The number of carbonyl (C=O) groups excluding carboxylic acids is 1. The van der Waals surface area contributed by atoms with E-state index in [1.54, 1.807) is 0 Å². The third kappa shape index (κ3) is 3.77. The molecule has 2 aromatic carbocycles. The minimum Gasteiger partial charge on any atom is -0.353 e. The summed E-state index contributed by atoms with van der Waals surface area (Å²) in [5.74, 6) is 0.0490. The van der Waals surface area contributed by atoms with Crippen LogP contribution in [-0.4, -0.2) is 15.9 Å². The van der Waals surface area contributed by atoms with Gasteiger partial charge in [0.2, 0.25) is 5.91 Å². The normalized spacial score (nSPS) is 12.4. The topological polar surface area (TPSA) is 57.8 Å². The minimum absolute atomic E-state index is 0.00228. The highest BCUT2D eigenvalue weighted by atomic mass is 16.1. The van der Waals surface area contributed by atoms with Crippen molar-refractivity contribution in [3.8, 4) is 0 Å². The Kier molecular flexibility index (Phi) is 5.11. The zero-order valence-electron chi connectivity index (χ0n) is 16.3. The summed E-state index contributed by atoms with van der Waals surface area (Å²) >= 11 is 0. The van der Waals surface area contributed by atoms with Gasteiger partial charge in [-0.3, -0.25) is 9.78 Å². The van der Waals surface area contributed by atoms with E-state index in [0.29, 0.717) is 12.8 Å². The molecule has 0 radical (unpaired) electrons. The van der Waals surface area contributed by atoms with Crippen LogP contribution in [0.3, 0.4) is 0 Å². The fourth-order valence-electron chi connectivity index (χ4n) is 3.61. The van der Waals surface area contributed by atoms with Crippen molar-refractivity contribution in [1.29, 1.82) is 0 Å². The molecule has 2 N–H and O–H groups in total. The third-order valence-corrected chi connectivity index (χ3v) is 5.32. The van der Waals surface area contributed by atoms with Crippen LogP contribution in [-0.2, 0) is 17.6 Å². The van der Waals surface area contributed by atoms with E-state index >= 15 is 0 Å². The third-order valence-electron chi connectivity index (χ3n) is 5.32. The first-order valence-electron chi connectivity index (χ1n) is 9.87. The molecule has 0 bridgehead atoms. The van der Waals surface area contributed by atoms with Crippen molar-refractivity contribution in [2.45, 2.75) is 39.2 Å². The lowest BCUT2D eigenvalue weighted by Gasteiger charge is -2.14. The molecule has 4 heteroatoms.